The Morgan fingerprint density at radius 1 is 1.05 bits per heavy atom. The van der Waals surface area contributed by atoms with Crippen LogP contribution < -0.4 is 5.32 Å². The second kappa shape index (κ2) is 6.43. The summed E-state index contributed by atoms with van der Waals surface area (Å²) < 4.78 is 0. The fourth-order valence-electron chi connectivity index (χ4n) is 1.66. The van der Waals surface area contributed by atoms with E-state index in [0.717, 1.165) is 5.56 Å². The highest BCUT2D eigenvalue weighted by molar-refractivity contribution is 5.91. The molecule has 4 nitrogen and oxygen atoms in total. The summed E-state index contributed by atoms with van der Waals surface area (Å²) in [6.45, 7) is 0.463. The van der Waals surface area contributed by atoms with Crippen LogP contribution in [-0.2, 0) is 11.3 Å². The molecule has 0 aliphatic heterocycles. The van der Waals surface area contributed by atoms with Crippen molar-refractivity contribution in [3.8, 4) is 11.5 Å². The molecule has 0 atom stereocenters. The smallest absolute Gasteiger partial charge is 0.244 e. The van der Waals surface area contributed by atoms with Crippen LogP contribution in [0.2, 0.25) is 0 Å². The number of nitrogens with one attached hydrogen (secondary N) is 1. The molecule has 0 aliphatic rings. The number of carbonyl (C=O) groups is 1. The summed E-state index contributed by atoms with van der Waals surface area (Å²) in [7, 11) is 0. The van der Waals surface area contributed by atoms with Gasteiger partial charge in [-0.15, -0.1) is 0 Å². The molecule has 0 saturated heterocycles. The molecule has 102 valence electrons. The van der Waals surface area contributed by atoms with Crippen molar-refractivity contribution in [2.45, 2.75) is 6.54 Å². The monoisotopic (exact) mass is 269 g/mol. The summed E-state index contributed by atoms with van der Waals surface area (Å²) in [5.41, 5.74) is 1.66. The van der Waals surface area contributed by atoms with Crippen molar-refractivity contribution in [2.24, 2.45) is 0 Å². The SMILES string of the molecule is O=C(/C=C\c1ccc(O)c(O)c1)NCc1ccccc1. The number of carbonyl (C=O) groups excluding carboxylic acids is 1. The van der Waals surface area contributed by atoms with Crippen LogP contribution >= 0.6 is 0 Å². The molecule has 0 aliphatic carbocycles. The number of hydrogen-bond acceptors (Lipinski definition) is 3. The second-order valence-electron chi connectivity index (χ2n) is 4.28. The van der Waals surface area contributed by atoms with Gasteiger partial charge in [-0.1, -0.05) is 36.4 Å². The van der Waals surface area contributed by atoms with Crippen molar-refractivity contribution >= 4 is 12.0 Å². The molecule has 2 aromatic rings. The molecule has 20 heavy (non-hydrogen) atoms. The Morgan fingerprint density at radius 3 is 2.50 bits per heavy atom. The average Bonchev–Trinajstić information content (AvgIpc) is 2.47. The standard InChI is InChI=1S/C16H15NO3/c18-14-8-6-12(10-15(14)19)7-9-16(20)17-11-13-4-2-1-3-5-13/h1-10,18-19H,11H2,(H,17,20)/b9-7-. The van der Waals surface area contributed by atoms with E-state index in [-0.39, 0.29) is 17.4 Å². The quantitative estimate of drug-likeness (QED) is 0.589. The van der Waals surface area contributed by atoms with Gasteiger partial charge in [0.05, 0.1) is 0 Å². The van der Waals surface area contributed by atoms with Gasteiger partial charge in [-0.25, -0.2) is 0 Å². The summed E-state index contributed by atoms with van der Waals surface area (Å²) in [6.07, 6.45) is 2.95. The molecule has 0 bridgehead atoms. The van der Waals surface area contributed by atoms with Gasteiger partial charge in [0.1, 0.15) is 0 Å². The van der Waals surface area contributed by atoms with E-state index in [1.807, 2.05) is 30.3 Å². The van der Waals surface area contributed by atoms with Gasteiger partial charge in [0.25, 0.3) is 0 Å². The third-order valence-corrected chi connectivity index (χ3v) is 2.74. The lowest BCUT2D eigenvalue weighted by Crippen LogP contribution is -2.20. The Bertz CT molecular complexity index is 621. The maximum Gasteiger partial charge on any atom is 0.244 e. The molecule has 1 amide bonds. The zero-order chi connectivity index (χ0) is 14.4. The van der Waals surface area contributed by atoms with E-state index in [2.05, 4.69) is 5.32 Å². The van der Waals surface area contributed by atoms with Gasteiger partial charge >= 0.3 is 0 Å². The largest absolute Gasteiger partial charge is 0.504 e. The third kappa shape index (κ3) is 3.88. The third-order valence-electron chi connectivity index (χ3n) is 2.74. The molecule has 0 radical (unpaired) electrons. The van der Waals surface area contributed by atoms with E-state index in [4.69, 9.17) is 0 Å². The van der Waals surface area contributed by atoms with Gasteiger partial charge in [-0.05, 0) is 29.3 Å². The molecule has 0 saturated carbocycles. The zero-order valence-electron chi connectivity index (χ0n) is 10.8. The molecular formula is C16H15NO3. The van der Waals surface area contributed by atoms with Crippen LogP contribution in [0.5, 0.6) is 11.5 Å². The van der Waals surface area contributed by atoms with Crippen LogP contribution in [0, 0.1) is 0 Å². The van der Waals surface area contributed by atoms with Crippen LogP contribution in [0.15, 0.2) is 54.6 Å². The first-order valence-electron chi connectivity index (χ1n) is 6.17. The van der Waals surface area contributed by atoms with Crippen LogP contribution in [0.25, 0.3) is 6.08 Å². The van der Waals surface area contributed by atoms with Gasteiger partial charge in [0.15, 0.2) is 11.5 Å². The molecule has 4 heteroatoms. The highest BCUT2D eigenvalue weighted by Crippen LogP contribution is 2.25. The molecule has 2 rings (SSSR count). The molecule has 0 fully saturated rings. The Labute approximate surface area is 117 Å². The van der Waals surface area contributed by atoms with E-state index in [9.17, 15) is 15.0 Å². The summed E-state index contributed by atoms with van der Waals surface area (Å²) in [4.78, 5) is 11.6. The van der Waals surface area contributed by atoms with Crippen LogP contribution in [0.3, 0.4) is 0 Å². The predicted octanol–water partition coefficient (Wildman–Crippen LogP) is 2.43. The first-order chi connectivity index (χ1) is 9.65. The van der Waals surface area contributed by atoms with Gasteiger partial charge in [-0.2, -0.15) is 0 Å². The van der Waals surface area contributed by atoms with E-state index >= 15 is 0 Å². The lowest BCUT2D eigenvalue weighted by atomic mass is 10.2. The van der Waals surface area contributed by atoms with Crippen molar-refractivity contribution in [3.63, 3.8) is 0 Å². The van der Waals surface area contributed by atoms with Crippen molar-refractivity contribution in [1.29, 1.82) is 0 Å². The fraction of sp³-hybridized carbons (Fsp3) is 0.0625. The fourth-order valence-corrected chi connectivity index (χ4v) is 1.66. The number of rotatable bonds is 4. The zero-order valence-corrected chi connectivity index (χ0v) is 10.8. The van der Waals surface area contributed by atoms with Crippen molar-refractivity contribution in [3.05, 3.63) is 65.7 Å². The summed E-state index contributed by atoms with van der Waals surface area (Å²) in [5, 5.41) is 21.3. The van der Waals surface area contributed by atoms with Gasteiger partial charge in [0.2, 0.25) is 5.91 Å². The molecule has 0 aromatic heterocycles. The van der Waals surface area contributed by atoms with Gasteiger partial charge < -0.3 is 15.5 Å². The normalized spacial score (nSPS) is 10.6. The number of benzene rings is 2. The minimum absolute atomic E-state index is 0.185. The topological polar surface area (TPSA) is 69.6 Å². The highest BCUT2D eigenvalue weighted by Gasteiger charge is 1.99. The van der Waals surface area contributed by atoms with E-state index in [0.29, 0.717) is 12.1 Å². The van der Waals surface area contributed by atoms with Crippen LogP contribution in [-0.4, -0.2) is 16.1 Å². The van der Waals surface area contributed by atoms with Crippen molar-refractivity contribution in [2.75, 3.05) is 0 Å². The van der Waals surface area contributed by atoms with Crippen molar-refractivity contribution < 1.29 is 15.0 Å². The second-order valence-corrected chi connectivity index (χ2v) is 4.28. The van der Waals surface area contributed by atoms with Crippen molar-refractivity contribution in [1.82, 2.24) is 5.32 Å². The first kappa shape index (κ1) is 13.7. The minimum Gasteiger partial charge on any atom is -0.504 e. The van der Waals surface area contributed by atoms with Gasteiger partial charge in [0, 0.05) is 12.6 Å². The number of hydrogen-bond donors (Lipinski definition) is 3. The maximum absolute atomic E-state index is 11.6. The van der Waals surface area contributed by atoms with Crippen LogP contribution in [0.1, 0.15) is 11.1 Å². The lowest BCUT2D eigenvalue weighted by molar-refractivity contribution is -0.116. The highest BCUT2D eigenvalue weighted by atomic mass is 16.3. The Morgan fingerprint density at radius 2 is 1.80 bits per heavy atom. The lowest BCUT2D eigenvalue weighted by Gasteiger charge is -2.02. The Hall–Kier alpha value is -2.75. The Balaban J connectivity index is 1.90. The van der Waals surface area contributed by atoms with E-state index in [1.54, 1.807) is 12.1 Å². The Kier molecular flexibility index (Phi) is 4.39. The molecule has 0 spiro atoms. The molecular weight excluding hydrogens is 254 g/mol. The summed E-state index contributed by atoms with van der Waals surface area (Å²) in [6, 6.07) is 14.0. The van der Waals surface area contributed by atoms with E-state index in [1.165, 1.54) is 18.2 Å². The number of phenols is 2. The molecule has 3 N–H and O–H groups in total. The number of amides is 1. The number of aromatic hydroxyl groups is 2. The summed E-state index contributed by atoms with van der Waals surface area (Å²) >= 11 is 0. The summed E-state index contributed by atoms with van der Waals surface area (Å²) in [5.74, 6) is -0.617. The predicted molar refractivity (Wildman–Crippen MR) is 77.1 cm³/mol. The molecule has 2 aromatic carbocycles. The molecule has 0 unspecified atom stereocenters. The first-order valence-corrected chi connectivity index (χ1v) is 6.17. The average molecular weight is 269 g/mol. The minimum atomic E-state index is -0.221. The van der Waals surface area contributed by atoms with E-state index < -0.39 is 0 Å². The maximum atomic E-state index is 11.6. The van der Waals surface area contributed by atoms with Gasteiger partial charge in [-0.3, -0.25) is 4.79 Å². The van der Waals surface area contributed by atoms with Crippen LogP contribution in [0.4, 0.5) is 0 Å². The molecule has 0 heterocycles. The number of phenolic OH excluding ortho intramolecular Hbond substituents is 2.